The summed E-state index contributed by atoms with van der Waals surface area (Å²) in [6.07, 6.45) is 3.34. The average molecular weight is 275 g/mol. The number of anilines is 1. The van der Waals surface area contributed by atoms with Crippen molar-refractivity contribution in [2.24, 2.45) is 5.92 Å². The minimum absolute atomic E-state index is 0.237. The molecule has 1 aromatic carbocycles. The van der Waals surface area contributed by atoms with Crippen LogP contribution in [0.3, 0.4) is 0 Å². The Bertz CT molecular complexity index is 636. The minimum Gasteiger partial charge on any atom is -0.399 e. The van der Waals surface area contributed by atoms with Crippen LogP contribution in [-0.2, 0) is 0 Å². The number of hydrogen-bond donors (Lipinski definition) is 1. The number of nitrogens with two attached hydrogens (primary N) is 1. The Kier molecular flexibility index (Phi) is 3.16. The number of nitrogen functional groups attached to an aromatic ring is 1. The van der Waals surface area contributed by atoms with Crippen molar-refractivity contribution in [3.63, 3.8) is 0 Å². The van der Waals surface area contributed by atoms with Gasteiger partial charge in [0, 0.05) is 5.69 Å². The van der Waals surface area contributed by atoms with E-state index in [0.717, 1.165) is 19.3 Å². The van der Waals surface area contributed by atoms with Gasteiger partial charge in [-0.1, -0.05) is 13.3 Å². The molecule has 106 valence electrons. The molecule has 1 aromatic heterocycles. The molecular formula is C14H18FN5. The van der Waals surface area contributed by atoms with Crippen LogP contribution in [0.25, 0.3) is 11.4 Å². The molecule has 2 unspecified atom stereocenters. The molecule has 0 bridgehead atoms. The zero-order valence-electron chi connectivity index (χ0n) is 11.7. The fourth-order valence-corrected chi connectivity index (χ4v) is 3.04. The number of aryl methyl sites for hydroxylation is 1. The maximum absolute atomic E-state index is 14.3. The van der Waals surface area contributed by atoms with Crippen LogP contribution in [-0.4, -0.2) is 20.2 Å². The Labute approximate surface area is 117 Å². The van der Waals surface area contributed by atoms with Gasteiger partial charge in [-0.2, -0.15) is 0 Å². The Balaban J connectivity index is 2.10. The third kappa shape index (κ3) is 2.05. The molecule has 1 aliphatic rings. The van der Waals surface area contributed by atoms with Gasteiger partial charge >= 0.3 is 0 Å². The highest BCUT2D eigenvalue weighted by Crippen LogP contribution is 2.37. The van der Waals surface area contributed by atoms with Gasteiger partial charge in [0.1, 0.15) is 5.82 Å². The summed E-state index contributed by atoms with van der Waals surface area (Å²) >= 11 is 0. The van der Waals surface area contributed by atoms with Crippen molar-refractivity contribution in [3.8, 4) is 11.4 Å². The van der Waals surface area contributed by atoms with Gasteiger partial charge in [-0.05, 0) is 53.8 Å². The summed E-state index contributed by atoms with van der Waals surface area (Å²) in [4.78, 5) is 0. The van der Waals surface area contributed by atoms with Crippen LogP contribution in [0, 0.1) is 18.7 Å². The molecule has 0 amide bonds. The normalized spacial score (nSPS) is 22.4. The number of benzene rings is 1. The largest absolute Gasteiger partial charge is 0.399 e. The summed E-state index contributed by atoms with van der Waals surface area (Å²) in [5, 5.41) is 11.8. The molecule has 5 nitrogen and oxygen atoms in total. The van der Waals surface area contributed by atoms with Crippen LogP contribution in [0.15, 0.2) is 12.1 Å². The van der Waals surface area contributed by atoms with Crippen molar-refractivity contribution in [1.29, 1.82) is 0 Å². The second-order valence-corrected chi connectivity index (χ2v) is 5.62. The molecule has 2 N–H and O–H groups in total. The lowest BCUT2D eigenvalue weighted by Crippen LogP contribution is -2.15. The Hall–Kier alpha value is -1.98. The summed E-state index contributed by atoms with van der Waals surface area (Å²) in [7, 11) is 0. The molecule has 3 rings (SSSR count). The van der Waals surface area contributed by atoms with E-state index in [0.29, 0.717) is 28.6 Å². The van der Waals surface area contributed by atoms with Gasteiger partial charge < -0.3 is 5.73 Å². The van der Waals surface area contributed by atoms with E-state index in [2.05, 4.69) is 22.4 Å². The number of aromatic nitrogens is 4. The molecule has 0 spiro atoms. The lowest BCUT2D eigenvalue weighted by Gasteiger charge is -2.17. The lowest BCUT2D eigenvalue weighted by molar-refractivity contribution is 0.370. The first kappa shape index (κ1) is 13.0. The van der Waals surface area contributed by atoms with Crippen LogP contribution in [0.1, 0.15) is 37.8 Å². The molecule has 0 radical (unpaired) electrons. The molecule has 0 aliphatic heterocycles. The van der Waals surface area contributed by atoms with Crippen LogP contribution in [0.2, 0.25) is 0 Å². The molecule has 1 aliphatic carbocycles. The first-order chi connectivity index (χ1) is 9.58. The second kappa shape index (κ2) is 4.85. The zero-order chi connectivity index (χ0) is 14.3. The quantitative estimate of drug-likeness (QED) is 0.855. The van der Waals surface area contributed by atoms with Crippen molar-refractivity contribution in [2.75, 3.05) is 5.73 Å². The predicted molar refractivity (Wildman–Crippen MR) is 74.4 cm³/mol. The molecule has 6 heteroatoms. The molecule has 20 heavy (non-hydrogen) atoms. The smallest absolute Gasteiger partial charge is 0.185 e. The molecule has 2 atom stereocenters. The average Bonchev–Trinajstić information content (AvgIpc) is 3.01. The van der Waals surface area contributed by atoms with Gasteiger partial charge in [0.05, 0.1) is 11.6 Å². The van der Waals surface area contributed by atoms with E-state index in [1.165, 1.54) is 0 Å². The highest BCUT2D eigenvalue weighted by Gasteiger charge is 2.29. The Morgan fingerprint density at radius 1 is 1.35 bits per heavy atom. The van der Waals surface area contributed by atoms with Crippen LogP contribution in [0.5, 0.6) is 0 Å². The summed E-state index contributed by atoms with van der Waals surface area (Å²) < 4.78 is 16.1. The predicted octanol–water partition coefficient (Wildman–Crippen LogP) is 2.73. The van der Waals surface area contributed by atoms with Crippen molar-refractivity contribution in [1.82, 2.24) is 20.2 Å². The maximum Gasteiger partial charge on any atom is 0.185 e. The van der Waals surface area contributed by atoms with Crippen molar-refractivity contribution in [3.05, 3.63) is 23.5 Å². The number of tetrazole rings is 1. The summed E-state index contributed by atoms with van der Waals surface area (Å²) in [6, 6.07) is 3.45. The van der Waals surface area contributed by atoms with E-state index >= 15 is 0 Å². The van der Waals surface area contributed by atoms with Crippen LogP contribution < -0.4 is 5.73 Å². The van der Waals surface area contributed by atoms with E-state index in [4.69, 9.17) is 5.73 Å². The fourth-order valence-electron chi connectivity index (χ4n) is 3.04. The van der Waals surface area contributed by atoms with E-state index in [-0.39, 0.29) is 11.9 Å². The van der Waals surface area contributed by atoms with Crippen molar-refractivity contribution >= 4 is 5.69 Å². The Morgan fingerprint density at radius 3 is 2.85 bits per heavy atom. The van der Waals surface area contributed by atoms with E-state index in [9.17, 15) is 4.39 Å². The monoisotopic (exact) mass is 275 g/mol. The third-order valence-electron chi connectivity index (χ3n) is 4.14. The van der Waals surface area contributed by atoms with Gasteiger partial charge in [-0.15, -0.1) is 5.10 Å². The van der Waals surface area contributed by atoms with Gasteiger partial charge in [-0.25, -0.2) is 9.07 Å². The SMILES string of the molecule is Cc1cc(N)cc(-c2nnnn2C2CCCC2C)c1F. The maximum atomic E-state index is 14.3. The number of nitrogens with zero attached hydrogens (tertiary/aromatic N) is 4. The number of rotatable bonds is 2. The first-order valence-electron chi connectivity index (χ1n) is 6.91. The number of halogens is 1. The third-order valence-corrected chi connectivity index (χ3v) is 4.14. The van der Waals surface area contributed by atoms with E-state index < -0.39 is 0 Å². The topological polar surface area (TPSA) is 69.6 Å². The molecule has 0 saturated heterocycles. The summed E-state index contributed by atoms with van der Waals surface area (Å²) in [6.45, 7) is 3.88. The summed E-state index contributed by atoms with van der Waals surface area (Å²) in [5.74, 6) is 0.667. The highest BCUT2D eigenvalue weighted by molar-refractivity contribution is 5.63. The molecule has 1 fully saturated rings. The zero-order valence-corrected chi connectivity index (χ0v) is 11.7. The molecule has 1 heterocycles. The molecule has 2 aromatic rings. The first-order valence-corrected chi connectivity index (χ1v) is 6.91. The van der Waals surface area contributed by atoms with Gasteiger partial charge in [0.15, 0.2) is 5.82 Å². The van der Waals surface area contributed by atoms with Crippen molar-refractivity contribution in [2.45, 2.75) is 39.2 Å². The van der Waals surface area contributed by atoms with E-state index in [1.807, 2.05) is 0 Å². The number of hydrogen-bond acceptors (Lipinski definition) is 4. The second-order valence-electron chi connectivity index (χ2n) is 5.62. The standard InChI is InChI=1S/C14H18FN5/c1-8-4-3-5-12(8)20-14(17-18-19-20)11-7-10(16)6-9(2)13(11)15/h6-8,12H,3-5,16H2,1-2H3. The Morgan fingerprint density at radius 2 is 2.15 bits per heavy atom. The summed E-state index contributed by atoms with van der Waals surface area (Å²) in [5.41, 5.74) is 7.23. The minimum atomic E-state index is -0.305. The molecule has 1 saturated carbocycles. The van der Waals surface area contributed by atoms with Gasteiger partial charge in [-0.3, -0.25) is 0 Å². The van der Waals surface area contributed by atoms with E-state index in [1.54, 1.807) is 23.7 Å². The van der Waals surface area contributed by atoms with Gasteiger partial charge in [0.25, 0.3) is 0 Å². The van der Waals surface area contributed by atoms with Crippen LogP contribution >= 0.6 is 0 Å². The van der Waals surface area contributed by atoms with Crippen LogP contribution in [0.4, 0.5) is 10.1 Å². The highest BCUT2D eigenvalue weighted by atomic mass is 19.1. The van der Waals surface area contributed by atoms with Crippen molar-refractivity contribution < 1.29 is 4.39 Å². The fraction of sp³-hybridized carbons (Fsp3) is 0.500. The lowest BCUT2D eigenvalue weighted by atomic mass is 10.1. The van der Waals surface area contributed by atoms with Gasteiger partial charge in [0.2, 0.25) is 0 Å². The molecular weight excluding hydrogens is 257 g/mol.